The van der Waals surface area contributed by atoms with Crippen molar-refractivity contribution in [3.05, 3.63) is 64.6 Å². The van der Waals surface area contributed by atoms with E-state index >= 15 is 0 Å². The fraction of sp³-hybridized carbons (Fsp3) is 0.200. The fourth-order valence-electron chi connectivity index (χ4n) is 1.81. The van der Waals surface area contributed by atoms with Crippen LogP contribution in [0.2, 0.25) is 0 Å². The Morgan fingerprint density at radius 2 is 1.89 bits per heavy atom. The van der Waals surface area contributed by atoms with Crippen LogP contribution in [0.1, 0.15) is 17.3 Å². The van der Waals surface area contributed by atoms with Crippen molar-refractivity contribution >= 4 is 5.78 Å². The molecule has 98 valence electrons. The summed E-state index contributed by atoms with van der Waals surface area (Å²) < 4.78 is 6.80. The lowest BCUT2D eigenvalue weighted by molar-refractivity contribution is 0.0967. The Hall–Kier alpha value is -2.36. The lowest BCUT2D eigenvalue weighted by Crippen LogP contribution is -2.22. The number of benzene rings is 1. The van der Waals surface area contributed by atoms with Crippen LogP contribution in [0, 0.1) is 0 Å². The molecule has 0 N–H and O–H groups in total. The molecule has 19 heavy (non-hydrogen) atoms. The van der Waals surface area contributed by atoms with E-state index in [4.69, 9.17) is 4.74 Å². The summed E-state index contributed by atoms with van der Waals surface area (Å²) in [5.74, 6) is 0.413. The van der Waals surface area contributed by atoms with E-state index in [1.165, 1.54) is 10.6 Å². The van der Waals surface area contributed by atoms with Gasteiger partial charge in [-0.25, -0.2) is 0 Å². The molecule has 0 bridgehead atoms. The van der Waals surface area contributed by atoms with Crippen LogP contribution >= 0.6 is 0 Å². The molecular formula is C15H15NO3. The van der Waals surface area contributed by atoms with Crippen molar-refractivity contribution < 1.29 is 9.53 Å². The molecule has 4 nitrogen and oxygen atoms in total. The smallest absolute Gasteiger partial charge is 0.250 e. The van der Waals surface area contributed by atoms with E-state index in [2.05, 4.69) is 0 Å². The molecule has 0 saturated carbocycles. The summed E-state index contributed by atoms with van der Waals surface area (Å²) in [7, 11) is 0. The highest BCUT2D eigenvalue weighted by molar-refractivity contribution is 5.98. The third kappa shape index (κ3) is 3.10. The molecule has 1 aromatic carbocycles. The number of ether oxygens (including phenoxy) is 1. The monoisotopic (exact) mass is 257 g/mol. The maximum Gasteiger partial charge on any atom is 0.250 e. The van der Waals surface area contributed by atoms with Crippen LogP contribution in [0.5, 0.6) is 5.75 Å². The van der Waals surface area contributed by atoms with Crippen LogP contribution in [-0.2, 0) is 6.54 Å². The van der Waals surface area contributed by atoms with Gasteiger partial charge < -0.3 is 9.30 Å². The zero-order chi connectivity index (χ0) is 13.7. The normalized spacial score (nSPS) is 10.2. The van der Waals surface area contributed by atoms with Crippen molar-refractivity contribution in [2.45, 2.75) is 13.5 Å². The van der Waals surface area contributed by atoms with Crippen LogP contribution < -0.4 is 10.3 Å². The van der Waals surface area contributed by atoms with Crippen molar-refractivity contribution in [3.63, 3.8) is 0 Å². The third-order valence-electron chi connectivity index (χ3n) is 2.70. The number of pyridine rings is 1. The highest BCUT2D eigenvalue weighted by atomic mass is 16.5. The average molecular weight is 257 g/mol. The van der Waals surface area contributed by atoms with Crippen LogP contribution in [0.15, 0.2) is 53.5 Å². The quantitative estimate of drug-likeness (QED) is 0.771. The van der Waals surface area contributed by atoms with Crippen molar-refractivity contribution in [1.29, 1.82) is 0 Å². The first-order valence-electron chi connectivity index (χ1n) is 6.13. The summed E-state index contributed by atoms with van der Waals surface area (Å²) in [5.41, 5.74) is 0.310. The second-order valence-corrected chi connectivity index (χ2v) is 4.02. The van der Waals surface area contributed by atoms with Gasteiger partial charge in [0.25, 0.3) is 5.56 Å². The van der Waals surface area contributed by atoms with Gasteiger partial charge >= 0.3 is 0 Å². The van der Waals surface area contributed by atoms with Gasteiger partial charge in [-0.15, -0.1) is 0 Å². The van der Waals surface area contributed by atoms with E-state index < -0.39 is 0 Å². The van der Waals surface area contributed by atoms with Gasteiger partial charge in [0, 0.05) is 12.3 Å². The van der Waals surface area contributed by atoms with E-state index in [1.54, 1.807) is 36.5 Å². The van der Waals surface area contributed by atoms with Gasteiger partial charge in [0.05, 0.1) is 18.7 Å². The molecule has 2 rings (SSSR count). The molecule has 4 heteroatoms. The summed E-state index contributed by atoms with van der Waals surface area (Å²) in [5, 5.41) is 0. The molecule has 0 aliphatic carbocycles. The van der Waals surface area contributed by atoms with Gasteiger partial charge in [-0.1, -0.05) is 18.2 Å². The zero-order valence-corrected chi connectivity index (χ0v) is 10.7. The van der Waals surface area contributed by atoms with E-state index in [0.29, 0.717) is 17.9 Å². The standard InChI is InChI=1S/C15H15NO3/c1-2-19-14-8-4-3-7-12(14)13(17)11-16-10-6-5-9-15(16)18/h3-10H,2,11H2,1H3. The minimum atomic E-state index is -0.190. The van der Waals surface area contributed by atoms with Crippen molar-refractivity contribution in [1.82, 2.24) is 4.57 Å². The number of hydrogen-bond donors (Lipinski definition) is 0. The Morgan fingerprint density at radius 3 is 2.63 bits per heavy atom. The number of carbonyl (C=O) groups is 1. The Balaban J connectivity index is 2.26. The SMILES string of the molecule is CCOc1ccccc1C(=O)Cn1ccccc1=O. The molecule has 0 atom stereocenters. The van der Waals surface area contributed by atoms with E-state index in [0.717, 1.165) is 0 Å². The number of ketones is 1. The molecule has 0 amide bonds. The molecule has 0 radical (unpaired) electrons. The summed E-state index contributed by atoms with van der Waals surface area (Å²) in [6.45, 7) is 2.38. The molecule has 2 aromatic rings. The number of hydrogen-bond acceptors (Lipinski definition) is 3. The highest BCUT2D eigenvalue weighted by Crippen LogP contribution is 2.18. The van der Waals surface area contributed by atoms with Gasteiger partial charge in [-0.3, -0.25) is 9.59 Å². The molecule has 0 aliphatic heterocycles. The van der Waals surface area contributed by atoms with E-state index in [-0.39, 0.29) is 17.9 Å². The topological polar surface area (TPSA) is 48.3 Å². The van der Waals surface area contributed by atoms with Crippen LogP contribution in [0.25, 0.3) is 0 Å². The molecular weight excluding hydrogens is 242 g/mol. The van der Waals surface area contributed by atoms with Gasteiger partial charge in [0.2, 0.25) is 0 Å². The number of Topliss-reactive ketones (excluding diaryl/α,β-unsaturated/α-hetero) is 1. The first kappa shape index (κ1) is 13.1. The minimum absolute atomic E-state index is 0.0176. The Morgan fingerprint density at radius 1 is 1.16 bits per heavy atom. The first-order chi connectivity index (χ1) is 9.22. The second kappa shape index (κ2) is 6.00. The third-order valence-corrected chi connectivity index (χ3v) is 2.70. The number of rotatable bonds is 5. The van der Waals surface area contributed by atoms with Gasteiger partial charge in [0.1, 0.15) is 5.75 Å². The predicted octanol–water partition coefficient (Wildman–Crippen LogP) is 2.13. The lowest BCUT2D eigenvalue weighted by Gasteiger charge is -2.09. The lowest BCUT2D eigenvalue weighted by atomic mass is 10.1. The minimum Gasteiger partial charge on any atom is -0.493 e. The summed E-state index contributed by atoms with van der Waals surface area (Å²) in [6.07, 6.45) is 1.60. The molecule has 0 spiro atoms. The summed E-state index contributed by atoms with van der Waals surface area (Å²) >= 11 is 0. The molecule has 0 fully saturated rings. The van der Waals surface area contributed by atoms with Crippen LogP contribution in [-0.4, -0.2) is 17.0 Å². The van der Waals surface area contributed by atoms with Crippen molar-refractivity contribution in [2.24, 2.45) is 0 Å². The largest absolute Gasteiger partial charge is 0.493 e. The highest BCUT2D eigenvalue weighted by Gasteiger charge is 2.12. The number of para-hydroxylation sites is 1. The Kier molecular flexibility index (Phi) is 4.13. The number of aromatic nitrogens is 1. The van der Waals surface area contributed by atoms with Gasteiger partial charge in [-0.2, -0.15) is 0 Å². The Bertz CT molecular complexity index is 631. The first-order valence-corrected chi connectivity index (χ1v) is 6.13. The fourth-order valence-corrected chi connectivity index (χ4v) is 1.81. The van der Waals surface area contributed by atoms with Gasteiger partial charge in [0.15, 0.2) is 5.78 Å². The van der Waals surface area contributed by atoms with Crippen LogP contribution in [0.4, 0.5) is 0 Å². The Labute approximate surface area is 111 Å². The summed E-state index contributed by atoms with van der Waals surface area (Å²) in [6, 6.07) is 11.9. The molecule has 0 aliphatic rings. The van der Waals surface area contributed by atoms with Crippen molar-refractivity contribution in [3.8, 4) is 5.75 Å². The number of carbonyl (C=O) groups excluding carboxylic acids is 1. The zero-order valence-electron chi connectivity index (χ0n) is 10.7. The maximum atomic E-state index is 12.2. The summed E-state index contributed by atoms with van der Waals surface area (Å²) in [4.78, 5) is 23.8. The van der Waals surface area contributed by atoms with Crippen LogP contribution in [0.3, 0.4) is 0 Å². The average Bonchev–Trinajstić information content (AvgIpc) is 2.42. The number of nitrogens with zero attached hydrogens (tertiary/aromatic N) is 1. The second-order valence-electron chi connectivity index (χ2n) is 4.02. The van der Waals surface area contributed by atoms with Crippen molar-refractivity contribution in [2.75, 3.05) is 6.61 Å². The molecule has 1 aromatic heterocycles. The molecule has 0 saturated heterocycles. The van der Waals surface area contributed by atoms with E-state index in [9.17, 15) is 9.59 Å². The maximum absolute atomic E-state index is 12.2. The van der Waals surface area contributed by atoms with E-state index in [1.807, 2.05) is 13.0 Å². The molecule has 0 unspecified atom stereocenters. The predicted molar refractivity (Wildman–Crippen MR) is 72.6 cm³/mol. The molecule has 1 heterocycles. The van der Waals surface area contributed by atoms with Gasteiger partial charge in [-0.05, 0) is 25.1 Å².